The largest absolute Gasteiger partial charge is 0.345 e. The number of amides is 2. The fourth-order valence-corrected chi connectivity index (χ4v) is 4.13. The maximum atomic E-state index is 12.8. The van der Waals surface area contributed by atoms with Crippen molar-refractivity contribution < 1.29 is 9.59 Å². The first-order chi connectivity index (χ1) is 15.1. The van der Waals surface area contributed by atoms with Crippen LogP contribution in [0, 0.1) is 0 Å². The van der Waals surface area contributed by atoms with Crippen LogP contribution in [-0.4, -0.2) is 77.3 Å². The molecule has 0 bridgehead atoms. The van der Waals surface area contributed by atoms with Crippen molar-refractivity contribution in [3.05, 3.63) is 59.7 Å². The van der Waals surface area contributed by atoms with Crippen LogP contribution >= 0.6 is 0 Å². The van der Waals surface area contributed by atoms with Gasteiger partial charge < -0.3 is 14.8 Å². The zero-order chi connectivity index (χ0) is 21.4. The number of hydrogen-bond acceptors (Lipinski definition) is 7. The third-order valence-electron chi connectivity index (χ3n) is 5.76. The van der Waals surface area contributed by atoms with Crippen LogP contribution < -0.4 is 5.32 Å². The lowest BCUT2D eigenvalue weighted by molar-refractivity contribution is 0.0364. The molecule has 0 aliphatic carbocycles. The average Bonchev–Trinajstić information content (AvgIpc) is 3.44. The highest BCUT2D eigenvalue weighted by atomic mass is 16.2. The normalized spacial score (nSPS) is 18.4. The van der Waals surface area contributed by atoms with Crippen molar-refractivity contribution in [3.8, 4) is 0 Å². The summed E-state index contributed by atoms with van der Waals surface area (Å²) in [7, 11) is 1.73. The van der Waals surface area contributed by atoms with Gasteiger partial charge in [-0.2, -0.15) is 0 Å². The van der Waals surface area contributed by atoms with E-state index in [0.29, 0.717) is 37.8 Å². The number of nitrogens with one attached hydrogen (secondary N) is 1. The summed E-state index contributed by atoms with van der Waals surface area (Å²) in [5.74, 6) is 0.757. The molecule has 5 rings (SSSR count). The second-order valence-electron chi connectivity index (χ2n) is 7.75. The van der Waals surface area contributed by atoms with Crippen LogP contribution in [0.4, 0.5) is 0 Å². The SMILES string of the molecule is Cn1cnc(C(=O)N2CCN3CCn4c(C(=O)NCc5ccccc5)nnc4[C@H]3C2)n1. The molecule has 3 aromatic rings. The van der Waals surface area contributed by atoms with Crippen LogP contribution in [0.3, 0.4) is 0 Å². The molecule has 1 aromatic carbocycles. The molecule has 4 heterocycles. The van der Waals surface area contributed by atoms with E-state index in [1.807, 2.05) is 34.9 Å². The number of carbonyl (C=O) groups is 2. The average molecular weight is 421 g/mol. The molecular weight excluding hydrogens is 398 g/mol. The summed E-state index contributed by atoms with van der Waals surface area (Å²) >= 11 is 0. The summed E-state index contributed by atoms with van der Waals surface area (Å²) in [5, 5.41) is 15.5. The van der Waals surface area contributed by atoms with E-state index < -0.39 is 0 Å². The first kappa shape index (κ1) is 19.4. The number of piperazine rings is 1. The topological polar surface area (TPSA) is 114 Å². The van der Waals surface area contributed by atoms with Gasteiger partial charge >= 0.3 is 0 Å². The lowest BCUT2D eigenvalue weighted by atomic mass is 10.1. The second-order valence-corrected chi connectivity index (χ2v) is 7.75. The Balaban J connectivity index is 1.31. The summed E-state index contributed by atoms with van der Waals surface area (Å²) in [6.07, 6.45) is 1.51. The first-order valence-electron chi connectivity index (χ1n) is 10.2. The van der Waals surface area contributed by atoms with Crippen molar-refractivity contribution in [1.29, 1.82) is 0 Å². The van der Waals surface area contributed by atoms with Crippen LogP contribution in [0.15, 0.2) is 36.7 Å². The van der Waals surface area contributed by atoms with Gasteiger partial charge in [0.2, 0.25) is 11.6 Å². The molecule has 11 heteroatoms. The minimum absolute atomic E-state index is 0.113. The van der Waals surface area contributed by atoms with Crippen molar-refractivity contribution in [2.75, 3.05) is 26.2 Å². The van der Waals surface area contributed by atoms with E-state index in [1.54, 1.807) is 11.9 Å². The molecule has 1 atom stereocenters. The predicted molar refractivity (Wildman–Crippen MR) is 109 cm³/mol. The van der Waals surface area contributed by atoms with E-state index in [4.69, 9.17) is 0 Å². The number of nitrogens with zero attached hydrogens (tertiary/aromatic N) is 8. The van der Waals surface area contributed by atoms with Gasteiger partial charge in [-0.05, 0) is 5.56 Å². The van der Waals surface area contributed by atoms with Gasteiger partial charge in [0.05, 0.1) is 6.04 Å². The minimum Gasteiger partial charge on any atom is -0.345 e. The number of benzene rings is 1. The molecule has 2 aliphatic rings. The summed E-state index contributed by atoms with van der Waals surface area (Å²) in [4.78, 5) is 33.6. The van der Waals surface area contributed by atoms with Gasteiger partial charge in [-0.15, -0.1) is 15.3 Å². The maximum absolute atomic E-state index is 12.8. The summed E-state index contributed by atoms with van der Waals surface area (Å²) < 4.78 is 3.38. The second kappa shape index (κ2) is 7.91. The van der Waals surface area contributed by atoms with Gasteiger partial charge in [0.1, 0.15) is 6.33 Å². The highest BCUT2D eigenvalue weighted by Crippen LogP contribution is 2.28. The quantitative estimate of drug-likeness (QED) is 0.623. The van der Waals surface area contributed by atoms with E-state index in [2.05, 4.69) is 30.5 Å². The monoisotopic (exact) mass is 421 g/mol. The summed E-state index contributed by atoms with van der Waals surface area (Å²) in [5.41, 5.74) is 1.02. The molecule has 2 aliphatic heterocycles. The Morgan fingerprint density at radius 2 is 1.90 bits per heavy atom. The molecule has 1 fully saturated rings. The molecule has 11 nitrogen and oxygen atoms in total. The third kappa shape index (κ3) is 3.67. The molecule has 0 radical (unpaired) electrons. The van der Waals surface area contributed by atoms with Crippen LogP contribution in [0.2, 0.25) is 0 Å². The number of aromatic nitrogens is 6. The van der Waals surface area contributed by atoms with Gasteiger partial charge in [0.15, 0.2) is 5.82 Å². The van der Waals surface area contributed by atoms with E-state index in [1.165, 1.54) is 11.0 Å². The third-order valence-corrected chi connectivity index (χ3v) is 5.76. The van der Waals surface area contributed by atoms with Crippen molar-refractivity contribution in [2.45, 2.75) is 19.1 Å². The standard InChI is InChI=1S/C20H23N9O2/c1-26-13-22-16(25-26)20(31)28-8-7-27-9-10-29-17(15(27)12-28)23-24-18(29)19(30)21-11-14-5-3-2-4-6-14/h2-6,13,15H,7-12H2,1H3,(H,21,30)/t15-/m1/s1. The summed E-state index contributed by atoms with van der Waals surface area (Å²) in [6, 6.07) is 9.62. The minimum atomic E-state index is -0.252. The molecule has 31 heavy (non-hydrogen) atoms. The number of aryl methyl sites for hydroxylation is 1. The van der Waals surface area contributed by atoms with E-state index >= 15 is 0 Å². The molecule has 2 amide bonds. The molecule has 0 spiro atoms. The van der Waals surface area contributed by atoms with Crippen molar-refractivity contribution in [2.24, 2.45) is 7.05 Å². The van der Waals surface area contributed by atoms with Crippen molar-refractivity contribution in [1.82, 2.24) is 44.6 Å². The molecule has 2 aromatic heterocycles. The van der Waals surface area contributed by atoms with Crippen LogP contribution in [0.25, 0.3) is 0 Å². The Labute approximate surface area is 178 Å². The van der Waals surface area contributed by atoms with E-state index in [9.17, 15) is 9.59 Å². The van der Waals surface area contributed by atoms with Crippen LogP contribution in [0.1, 0.15) is 38.7 Å². The number of fused-ring (bicyclic) bond motifs is 3. The van der Waals surface area contributed by atoms with E-state index in [0.717, 1.165) is 18.7 Å². The smallest absolute Gasteiger partial charge is 0.293 e. The maximum Gasteiger partial charge on any atom is 0.293 e. The molecule has 0 saturated carbocycles. The molecular formula is C20H23N9O2. The Hall–Kier alpha value is -3.60. The number of hydrogen-bond donors (Lipinski definition) is 1. The lowest BCUT2D eigenvalue weighted by Crippen LogP contribution is -2.54. The highest BCUT2D eigenvalue weighted by molar-refractivity contribution is 5.91. The first-order valence-corrected chi connectivity index (χ1v) is 10.2. The molecule has 1 N–H and O–H groups in total. The summed E-state index contributed by atoms with van der Waals surface area (Å²) in [6.45, 7) is 3.64. The van der Waals surface area contributed by atoms with Gasteiger partial charge in [-0.1, -0.05) is 30.3 Å². The zero-order valence-electron chi connectivity index (χ0n) is 17.2. The van der Waals surface area contributed by atoms with Gasteiger partial charge in [-0.25, -0.2) is 4.98 Å². The molecule has 1 saturated heterocycles. The van der Waals surface area contributed by atoms with Crippen molar-refractivity contribution in [3.63, 3.8) is 0 Å². The molecule has 160 valence electrons. The van der Waals surface area contributed by atoms with Gasteiger partial charge in [-0.3, -0.25) is 19.2 Å². The van der Waals surface area contributed by atoms with Crippen LogP contribution in [0.5, 0.6) is 0 Å². The fourth-order valence-electron chi connectivity index (χ4n) is 4.13. The van der Waals surface area contributed by atoms with Gasteiger partial charge in [0.25, 0.3) is 11.8 Å². The Morgan fingerprint density at radius 3 is 2.68 bits per heavy atom. The predicted octanol–water partition coefficient (Wildman–Crippen LogP) is -0.151. The number of rotatable bonds is 4. The fraction of sp³-hybridized carbons (Fsp3) is 0.400. The Kier molecular flexibility index (Phi) is 4.94. The molecule has 0 unspecified atom stereocenters. The highest BCUT2D eigenvalue weighted by Gasteiger charge is 2.38. The number of carbonyl (C=O) groups excluding carboxylic acids is 2. The zero-order valence-corrected chi connectivity index (χ0v) is 17.2. The Bertz CT molecular complexity index is 1110. The van der Waals surface area contributed by atoms with E-state index in [-0.39, 0.29) is 23.7 Å². The van der Waals surface area contributed by atoms with Crippen LogP contribution in [-0.2, 0) is 20.1 Å². The lowest BCUT2D eigenvalue weighted by Gasteiger charge is -2.43. The Morgan fingerprint density at radius 1 is 1.10 bits per heavy atom. The van der Waals surface area contributed by atoms with Gasteiger partial charge in [0, 0.05) is 46.3 Å². The van der Waals surface area contributed by atoms with Crippen molar-refractivity contribution >= 4 is 11.8 Å².